The number of halogens is 1. The summed E-state index contributed by atoms with van der Waals surface area (Å²) in [6, 6.07) is 6.10. The minimum absolute atomic E-state index is 0.0163. The molecule has 1 aromatic carbocycles. The lowest BCUT2D eigenvalue weighted by Crippen LogP contribution is -2.30. The predicted octanol–water partition coefficient (Wildman–Crippen LogP) is 3.14. The standard InChI is InChI=1S/C18H27FN2O/c19-17-9-7-16(8-10-17)15-18(22)20-11-3-1-4-12-21-13-5-2-6-14-21/h7-10H,1-6,11-15H2,(H,20,22). The van der Waals surface area contributed by atoms with Crippen LogP contribution in [0.15, 0.2) is 24.3 Å². The molecule has 122 valence electrons. The van der Waals surface area contributed by atoms with Crippen LogP contribution < -0.4 is 5.32 Å². The molecular weight excluding hydrogens is 279 g/mol. The van der Waals surface area contributed by atoms with Crippen molar-refractivity contribution >= 4 is 5.91 Å². The van der Waals surface area contributed by atoms with Crippen molar-refractivity contribution in [3.63, 3.8) is 0 Å². The fourth-order valence-corrected chi connectivity index (χ4v) is 2.90. The van der Waals surface area contributed by atoms with E-state index in [1.165, 1.54) is 57.5 Å². The molecule has 0 unspecified atom stereocenters. The SMILES string of the molecule is O=C(Cc1ccc(F)cc1)NCCCCCN1CCCCC1. The number of carbonyl (C=O) groups is 1. The number of hydrogen-bond donors (Lipinski definition) is 1. The molecule has 1 heterocycles. The predicted molar refractivity (Wildman–Crippen MR) is 87.3 cm³/mol. The summed E-state index contributed by atoms with van der Waals surface area (Å²) in [5, 5.41) is 2.94. The maximum absolute atomic E-state index is 12.8. The molecule has 1 aliphatic heterocycles. The number of benzene rings is 1. The maximum atomic E-state index is 12.8. The molecule has 3 nitrogen and oxygen atoms in total. The third-order valence-corrected chi connectivity index (χ3v) is 4.20. The Morgan fingerprint density at radius 3 is 2.50 bits per heavy atom. The van der Waals surface area contributed by atoms with E-state index in [1.807, 2.05) is 0 Å². The molecule has 0 radical (unpaired) electrons. The van der Waals surface area contributed by atoms with Gasteiger partial charge in [0, 0.05) is 6.54 Å². The van der Waals surface area contributed by atoms with Gasteiger partial charge < -0.3 is 10.2 Å². The summed E-state index contributed by atoms with van der Waals surface area (Å²) in [5.74, 6) is -0.250. The van der Waals surface area contributed by atoms with Crippen LogP contribution in [0.1, 0.15) is 44.1 Å². The largest absolute Gasteiger partial charge is 0.356 e. The summed E-state index contributed by atoms with van der Waals surface area (Å²) in [7, 11) is 0. The quantitative estimate of drug-likeness (QED) is 0.748. The van der Waals surface area contributed by atoms with Gasteiger partial charge in [-0.05, 0) is 63.0 Å². The molecule has 0 atom stereocenters. The number of nitrogens with one attached hydrogen (secondary N) is 1. The van der Waals surface area contributed by atoms with Gasteiger partial charge in [-0.15, -0.1) is 0 Å². The molecule has 1 aromatic rings. The number of piperidine rings is 1. The van der Waals surface area contributed by atoms with Crippen LogP contribution in [0.4, 0.5) is 4.39 Å². The van der Waals surface area contributed by atoms with Crippen molar-refractivity contribution in [2.75, 3.05) is 26.2 Å². The van der Waals surface area contributed by atoms with Crippen LogP contribution in [0, 0.1) is 5.82 Å². The van der Waals surface area contributed by atoms with Crippen LogP contribution in [0.2, 0.25) is 0 Å². The van der Waals surface area contributed by atoms with Gasteiger partial charge in [0.25, 0.3) is 0 Å². The smallest absolute Gasteiger partial charge is 0.224 e. The lowest BCUT2D eigenvalue weighted by Gasteiger charge is -2.26. The number of amides is 1. The van der Waals surface area contributed by atoms with Crippen molar-refractivity contribution in [2.45, 2.75) is 44.9 Å². The van der Waals surface area contributed by atoms with E-state index >= 15 is 0 Å². The molecule has 0 aromatic heterocycles. The van der Waals surface area contributed by atoms with Gasteiger partial charge in [0.2, 0.25) is 5.91 Å². The Labute approximate surface area is 132 Å². The van der Waals surface area contributed by atoms with Gasteiger partial charge in [0.05, 0.1) is 6.42 Å². The average molecular weight is 306 g/mol. The van der Waals surface area contributed by atoms with E-state index in [2.05, 4.69) is 10.2 Å². The van der Waals surface area contributed by atoms with Crippen molar-refractivity contribution in [2.24, 2.45) is 0 Å². The fraction of sp³-hybridized carbons (Fsp3) is 0.611. The van der Waals surface area contributed by atoms with Crippen LogP contribution in [-0.4, -0.2) is 37.0 Å². The number of unbranched alkanes of at least 4 members (excludes halogenated alkanes) is 2. The number of rotatable bonds is 8. The van der Waals surface area contributed by atoms with Gasteiger partial charge in [-0.25, -0.2) is 4.39 Å². The third kappa shape index (κ3) is 6.56. The first-order chi connectivity index (χ1) is 10.7. The highest BCUT2D eigenvalue weighted by Gasteiger charge is 2.08. The van der Waals surface area contributed by atoms with Crippen molar-refractivity contribution < 1.29 is 9.18 Å². The molecule has 1 saturated heterocycles. The molecule has 1 amide bonds. The first-order valence-electron chi connectivity index (χ1n) is 8.47. The molecule has 1 fully saturated rings. The molecule has 1 aliphatic rings. The summed E-state index contributed by atoms with van der Waals surface area (Å²) < 4.78 is 12.8. The highest BCUT2D eigenvalue weighted by molar-refractivity contribution is 5.78. The molecule has 0 spiro atoms. The van der Waals surface area contributed by atoms with Crippen LogP contribution in [0.3, 0.4) is 0 Å². The Balaban J connectivity index is 1.49. The minimum Gasteiger partial charge on any atom is -0.356 e. The third-order valence-electron chi connectivity index (χ3n) is 4.20. The van der Waals surface area contributed by atoms with E-state index in [1.54, 1.807) is 12.1 Å². The van der Waals surface area contributed by atoms with E-state index in [-0.39, 0.29) is 11.7 Å². The molecule has 4 heteroatoms. The Kier molecular flexibility index (Phi) is 7.37. The van der Waals surface area contributed by atoms with E-state index in [4.69, 9.17) is 0 Å². The number of carbonyl (C=O) groups excluding carboxylic acids is 1. The summed E-state index contributed by atoms with van der Waals surface area (Å²) in [6.07, 6.45) is 7.81. The highest BCUT2D eigenvalue weighted by Crippen LogP contribution is 2.09. The molecule has 0 saturated carbocycles. The van der Waals surface area contributed by atoms with E-state index in [0.717, 1.165) is 24.9 Å². The zero-order valence-electron chi connectivity index (χ0n) is 13.3. The first-order valence-corrected chi connectivity index (χ1v) is 8.47. The van der Waals surface area contributed by atoms with Crippen molar-refractivity contribution in [1.29, 1.82) is 0 Å². The maximum Gasteiger partial charge on any atom is 0.224 e. The lowest BCUT2D eigenvalue weighted by molar-refractivity contribution is -0.120. The van der Waals surface area contributed by atoms with Gasteiger partial charge in [0.15, 0.2) is 0 Å². The zero-order valence-corrected chi connectivity index (χ0v) is 13.3. The first kappa shape index (κ1) is 16.9. The number of likely N-dealkylation sites (tertiary alicyclic amines) is 1. The van der Waals surface area contributed by atoms with Crippen molar-refractivity contribution in [3.05, 3.63) is 35.6 Å². The van der Waals surface area contributed by atoms with Crippen molar-refractivity contribution in [3.8, 4) is 0 Å². The number of hydrogen-bond acceptors (Lipinski definition) is 2. The van der Waals surface area contributed by atoms with Crippen LogP contribution >= 0.6 is 0 Å². The molecule has 0 bridgehead atoms. The summed E-state index contributed by atoms with van der Waals surface area (Å²) in [6.45, 7) is 4.45. The molecular formula is C18H27FN2O. The van der Waals surface area contributed by atoms with E-state index in [9.17, 15) is 9.18 Å². The summed E-state index contributed by atoms with van der Waals surface area (Å²) in [4.78, 5) is 14.3. The lowest BCUT2D eigenvalue weighted by atomic mass is 10.1. The van der Waals surface area contributed by atoms with Gasteiger partial charge in [-0.3, -0.25) is 4.79 Å². The molecule has 0 aliphatic carbocycles. The second-order valence-electron chi connectivity index (χ2n) is 6.12. The monoisotopic (exact) mass is 306 g/mol. The number of nitrogens with zero attached hydrogens (tertiary/aromatic N) is 1. The topological polar surface area (TPSA) is 32.3 Å². The van der Waals surface area contributed by atoms with Crippen LogP contribution in [0.25, 0.3) is 0 Å². The van der Waals surface area contributed by atoms with Crippen LogP contribution in [-0.2, 0) is 11.2 Å². The summed E-state index contributed by atoms with van der Waals surface area (Å²) in [5.41, 5.74) is 0.851. The molecule has 22 heavy (non-hydrogen) atoms. The van der Waals surface area contributed by atoms with Gasteiger partial charge >= 0.3 is 0 Å². The Morgan fingerprint density at radius 2 is 1.77 bits per heavy atom. The van der Waals surface area contributed by atoms with E-state index < -0.39 is 0 Å². The second-order valence-corrected chi connectivity index (χ2v) is 6.12. The normalized spacial score (nSPS) is 15.7. The highest BCUT2D eigenvalue weighted by atomic mass is 19.1. The van der Waals surface area contributed by atoms with Crippen LogP contribution in [0.5, 0.6) is 0 Å². The Morgan fingerprint density at radius 1 is 1.05 bits per heavy atom. The van der Waals surface area contributed by atoms with Crippen molar-refractivity contribution in [1.82, 2.24) is 10.2 Å². The second kappa shape index (κ2) is 9.57. The minimum atomic E-state index is -0.266. The average Bonchev–Trinajstić information content (AvgIpc) is 2.54. The summed E-state index contributed by atoms with van der Waals surface area (Å²) >= 11 is 0. The molecule has 2 rings (SSSR count). The molecule has 1 N–H and O–H groups in total. The van der Waals surface area contributed by atoms with E-state index in [0.29, 0.717) is 6.42 Å². The fourth-order valence-electron chi connectivity index (χ4n) is 2.90. The Hall–Kier alpha value is -1.42. The Bertz CT molecular complexity index is 441. The van der Waals surface area contributed by atoms with Gasteiger partial charge in [-0.2, -0.15) is 0 Å². The van der Waals surface area contributed by atoms with Gasteiger partial charge in [0.1, 0.15) is 5.82 Å². The zero-order chi connectivity index (χ0) is 15.6. The van der Waals surface area contributed by atoms with Gasteiger partial charge in [-0.1, -0.05) is 25.0 Å².